The number of piperidine rings is 1. The molecule has 4 heterocycles. The molecule has 3 amide bonds. The van der Waals surface area contributed by atoms with E-state index in [1.54, 1.807) is 61.8 Å². The van der Waals surface area contributed by atoms with Crippen LogP contribution in [0.1, 0.15) is 98.1 Å². The zero-order chi connectivity index (χ0) is 36.5. The summed E-state index contributed by atoms with van der Waals surface area (Å²) >= 11 is 0. The Morgan fingerprint density at radius 2 is 1.70 bits per heavy atom. The van der Waals surface area contributed by atoms with Crippen LogP contribution in [-0.4, -0.2) is 67.4 Å². The lowest BCUT2D eigenvalue weighted by molar-refractivity contribution is -0.114. The van der Waals surface area contributed by atoms with Crippen LogP contribution in [0.5, 0.6) is 0 Å². The number of nitrogens with one attached hydrogen (secondary N) is 2. The molecule has 2 unspecified atom stereocenters. The van der Waals surface area contributed by atoms with Gasteiger partial charge in [0.25, 0.3) is 5.91 Å². The molecule has 2 aliphatic heterocycles. The molecular weight excluding hydrogens is 641 g/mol. The van der Waals surface area contributed by atoms with Gasteiger partial charge in [-0.1, -0.05) is 32.6 Å². The van der Waals surface area contributed by atoms with E-state index in [0.717, 1.165) is 31.2 Å². The number of nitrogens with zero attached hydrogens (tertiary/aromatic N) is 5. The van der Waals surface area contributed by atoms with Gasteiger partial charge in [0.1, 0.15) is 22.8 Å². The number of hydrogen-bond acceptors (Lipinski definition) is 8. The van der Waals surface area contributed by atoms with Crippen LogP contribution in [0.3, 0.4) is 0 Å². The Hall–Kier alpha value is -4.68. The highest BCUT2D eigenvalue weighted by molar-refractivity contribution is 6.01. The van der Waals surface area contributed by atoms with Crippen LogP contribution >= 0.6 is 0 Å². The predicted octanol–water partition coefficient (Wildman–Crippen LogP) is 7.81. The molecule has 2 fully saturated rings. The number of rotatable bonds is 9. The highest BCUT2D eigenvalue weighted by atomic mass is 19.1. The summed E-state index contributed by atoms with van der Waals surface area (Å²) in [4.78, 5) is 47.3. The first-order valence-corrected chi connectivity index (χ1v) is 17.3. The Labute approximate surface area is 293 Å². The summed E-state index contributed by atoms with van der Waals surface area (Å²) < 4.78 is 26.7. The van der Waals surface area contributed by atoms with Crippen LogP contribution in [0.25, 0.3) is 5.65 Å². The minimum Gasteiger partial charge on any atom is -0.444 e. The molecule has 0 spiro atoms. The summed E-state index contributed by atoms with van der Waals surface area (Å²) in [5, 5.41) is 10.7. The van der Waals surface area contributed by atoms with E-state index in [-0.39, 0.29) is 30.6 Å². The van der Waals surface area contributed by atoms with Crippen LogP contribution in [0, 0.1) is 5.92 Å². The summed E-state index contributed by atoms with van der Waals surface area (Å²) in [7, 11) is 0. The highest BCUT2D eigenvalue weighted by Crippen LogP contribution is 2.40. The molecule has 1 aromatic carbocycles. The fourth-order valence-corrected chi connectivity index (χ4v) is 6.66. The van der Waals surface area contributed by atoms with Gasteiger partial charge in [-0.2, -0.15) is 9.61 Å². The maximum atomic E-state index is 13.9. The molecule has 5 rings (SSSR count). The van der Waals surface area contributed by atoms with Crippen molar-refractivity contribution in [3.63, 3.8) is 0 Å². The first kappa shape index (κ1) is 36.6. The molecule has 2 N–H and O–H groups in total. The predicted molar refractivity (Wildman–Crippen MR) is 191 cm³/mol. The average Bonchev–Trinajstić information content (AvgIpc) is 3.55. The van der Waals surface area contributed by atoms with Crippen molar-refractivity contribution in [2.24, 2.45) is 5.92 Å². The number of hydrogen-bond donors (Lipinski definition) is 2. The van der Waals surface area contributed by atoms with Crippen LogP contribution in [0.15, 0.2) is 48.9 Å². The summed E-state index contributed by atoms with van der Waals surface area (Å²) in [5.74, 6) is -0.623. The van der Waals surface area contributed by atoms with Crippen molar-refractivity contribution < 1.29 is 28.2 Å². The smallest absolute Gasteiger partial charge is 0.416 e. The number of carbonyl (C=O) groups excluding carboxylic acids is 3. The number of amides is 3. The lowest BCUT2D eigenvalue weighted by atomic mass is 9.91. The molecule has 2 aliphatic rings. The number of anilines is 3. The molecule has 0 saturated carbocycles. The summed E-state index contributed by atoms with van der Waals surface area (Å²) in [6, 6.07) is 8.86. The lowest BCUT2D eigenvalue weighted by Gasteiger charge is -2.39. The maximum absolute atomic E-state index is 13.9. The third-order valence-electron chi connectivity index (χ3n) is 8.77. The standard InChI is InChI=1S/C37H50FN7O5/c1-22(2)29-20-40-45-31(43(34(47)49-36(4,5)6)21-24-11-10-12-26(15-24)41-33(46)23(3)38)18-30(42-32(29)45)39-19-25-16-27-13-14-28(17-25)44(27)35(48)50-37(7,8)9/h10-12,15,18,20,22,25,27-28H,3,13-14,16-17,19,21H2,1-2,4-9H3,(H,39,42)(H,41,46). The van der Waals surface area contributed by atoms with Gasteiger partial charge in [-0.15, -0.1) is 0 Å². The van der Waals surface area contributed by atoms with Crippen molar-refractivity contribution in [2.75, 3.05) is 22.1 Å². The molecule has 0 radical (unpaired) electrons. The second kappa shape index (κ2) is 14.3. The molecular formula is C37H50FN7O5. The van der Waals surface area contributed by atoms with E-state index in [1.165, 1.54) is 4.90 Å². The van der Waals surface area contributed by atoms with Gasteiger partial charge >= 0.3 is 12.2 Å². The van der Waals surface area contributed by atoms with E-state index in [2.05, 4.69) is 36.2 Å². The maximum Gasteiger partial charge on any atom is 0.416 e. The summed E-state index contributed by atoms with van der Waals surface area (Å²) in [6.45, 7) is 18.9. The Morgan fingerprint density at radius 3 is 2.30 bits per heavy atom. The molecule has 50 heavy (non-hydrogen) atoms. The van der Waals surface area contributed by atoms with Crippen LogP contribution in [-0.2, 0) is 20.8 Å². The van der Waals surface area contributed by atoms with Gasteiger partial charge in [0.05, 0.1) is 12.7 Å². The van der Waals surface area contributed by atoms with Crippen LogP contribution < -0.4 is 15.5 Å². The van der Waals surface area contributed by atoms with Crippen molar-refractivity contribution in [2.45, 2.75) is 117 Å². The van der Waals surface area contributed by atoms with E-state index in [1.807, 2.05) is 25.7 Å². The summed E-state index contributed by atoms with van der Waals surface area (Å²) in [6.07, 6.45) is 4.55. The number of ether oxygens (including phenoxy) is 2. The van der Waals surface area contributed by atoms with Gasteiger partial charge in [0.15, 0.2) is 11.5 Å². The zero-order valence-electron chi connectivity index (χ0n) is 30.4. The largest absolute Gasteiger partial charge is 0.444 e. The Balaban J connectivity index is 1.44. The zero-order valence-corrected chi connectivity index (χ0v) is 30.4. The number of benzene rings is 1. The van der Waals surface area contributed by atoms with E-state index >= 15 is 0 Å². The van der Waals surface area contributed by atoms with Crippen molar-refractivity contribution in [3.8, 4) is 0 Å². The third-order valence-corrected chi connectivity index (χ3v) is 8.77. The minimum absolute atomic E-state index is 0.0527. The van der Waals surface area contributed by atoms with Crippen molar-refractivity contribution >= 4 is 41.1 Å². The SMILES string of the molecule is C=C(F)C(=O)Nc1cccc(CN(C(=O)OC(C)(C)C)c2cc(NCC3CC4CCC(C3)N4C(=O)OC(C)(C)C)nc3c(C(C)C)cnn23)c1. The lowest BCUT2D eigenvalue weighted by Crippen LogP contribution is -2.49. The quantitative estimate of drug-likeness (QED) is 0.218. The van der Waals surface area contributed by atoms with E-state index in [9.17, 15) is 18.8 Å². The fraction of sp³-hybridized carbons (Fsp3) is 0.541. The molecule has 0 aliphatic carbocycles. The van der Waals surface area contributed by atoms with Gasteiger partial charge in [0, 0.05) is 35.9 Å². The van der Waals surface area contributed by atoms with Gasteiger partial charge in [-0.3, -0.25) is 9.69 Å². The minimum atomic E-state index is -1.11. The number of aromatic nitrogens is 3. The topological polar surface area (TPSA) is 130 Å². The second-order valence-electron chi connectivity index (χ2n) is 15.6. The molecule has 2 aromatic heterocycles. The number of fused-ring (bicyclic) bond motifs is 3. The fourth-order valence-electron chi connectivity index (χ4n) is 6.66. The molecule has 3 aromatic rings. The van der Waals surface area contributed by atoms with Gasteiger partial charge in [-0.25, -0.2) is 19.0 Å². The average molecular weight is 692 g/mol. The molecule has 12 nitrogen and oxygen atoms in total. The highest BCUT2D eigenvalue weighted by Gasteiger charge is 2.44. The van der Waals surface area contributed by atoms with E-state index < -0.39 is 29.0 Å². The third kappa shape index (κ3) is 8.72. The summed E-state index contributed by atoms with van der Waals surface area (Å²) in [5.41, 5.74) is 1.19. The first-order valence-electron chi connectivity index (χ1n) is 17.3. The molecule has 13 heteroatoms. The molecule has 2 atom stereocenters. The Morgan fingerprint density at radius 1 is 1.04 bits per heavy atom. The first-order chi connectivity index (χ1) is 23.4. The molecule has 2 saturated heterocycles. The van der Waals surface area contributed by atoms with E-state index in [4.69, 9.17) is 14.5 Å². The van der Waals surface area contributed by atoms with E-state index in [0.29, 0.717) is 41.0 Å². The Kier molecular flexibility index (Phi) is 10.5. The molecule has 270 valence electrons. The number of halogens is 1. The van der Waals surface area contributed by atoms with Crippen molar-refractivity contribution in [1.82, 2.24) is 19.5 Å². The van der Waals surface area contributed by atoms with Crippen LogP contribution in [0.4, 0.5) is 31.3 Å². The van der Waals surface area contributed by atoms with Crippen LogP contribution in [0.2, 0.25) is 0 Å². The Bertz CT molecular complexity index is 1740. The van der Waals surface area contributed by atoms with Gasteiger partial charge in [-0.05, 0) is 96.8 Å². The van der Waals surface area contributed by atoms with Gasteiger partial charge < -0.3 is 25.0 Å². The monoisotopic (exact) mass is 691 g/mol. The molecule has 2 bridgehead atoms. The second-order valence-corrected chi connectivity index (χ2v) is 15.6. The normalized spacial score (nSPS) is 19.0. The number of carbonyl (C=O) groups is 3. The van der Waals surface area contributed by atoms with Crippen molar-refractivity contribution in [3.05, 3.63) is 60.1 Å². The van der Waals surface area contributed by atoms with Gasteiger partial charge in [0.2, 0.25) is 0 Å². The van der Waals surface area contributed by atoms with Crippen molar-refractivity contribution in [1.29, 1.82) is 0 Å².